The number of rotatable bonds is 2. The molecule has 2 heterocycles. The Bertz CT molecular complexity index is 865. The van der Waals surface area contributed by atoms with Crippen molar-refractivity contribution in [3.63, 3.8) is 0 Å². The molecule has 0 aliphatic carbocycles. The Kier molecular flexibility index (Phi) is 2.97. The van der Waals surface area contributed by atoms with E-state index in [0.29, 0.717) is 17.2 Å². The molecule has 0 unspecified atom stereocenters. The van der Waals surface area contributed by atoms with Crippen LogP contribution >= 0.6 is 0 Å². The molecule has 1 aromatic carbocycles. The van der Waals surface area contributed by atoms with Crippen molar-refractivity contribution in [2.24, 2.45) is 0 Å². The van der Waals surface area contributed by atoms with E-state index in [1.54, 1.807) is 18.5 Å². The quantitative estimate of drug-likeness (QED) is 0.784. The SMILES string of the molecule is Cc1cc2ccccc2nc1-n1nc(C)c(C(=O)O)c1C. The number of hydrogen-bond donors (Lipinski definition) is 1. The fraction of sp³-hybridized carbons (Fsp3) is 0.188. The number of benzene rings is 1. The van der Waals surface area contributed by atoms with Crippen molar-refractivity contribution in [3.8, 4) is 5.82 Å². The average Bonchev–Trinajstić information content (AvgIpc) is 2.73. The molecule has 0 bridgehead atoms. The zero-order chi connectivity index (χ0) is 15.1. The highest BCUT2D eigenvalue weighted by Gasteiger charge is 2.20. The van der Waals surface area contributed by atoms with Crippen LogP contribution in [0, 0.1) is 20.8 Å². The maximum Gasteiger partial charge on any atom is 0.339 e. The third-order valence-corrected chi connectivity index (χ3v) is 3.59. The predicted octanol–water partition coefficient (Wildman–Crippen LogP) is 3.04. The van der Waals surface area contributed by atoms with Gasteiger partial charge in [-0.15, -0.1) is 0 Å². The number of para-hydroxylation sites is 1. The summed E-state index contributed by atoms with van der Waals surface area (Å²) in [5.74, 6) is -0.295. The van der Waals surface area contributed by atoms with Crippen LogP contribution in [0.5, 0.6) is 0 Å². The van der Waals surface area contributed by atoms with Gasteiger partial charge in [-0.2, -0.15) is 5.10 Å². The van der Waals surface area contributed by atoms with E-state index >= 15 is 0 Å². The number of carbonyl (C=O) groups is 1. The van der Waals surface area contributed by atoms with Crippen LogP contribution in [0.4, 0.5) is 0 Å². The minimum absolute atomic E-state index is 0.240. The smallest absolute Gasteiger partial charge is 0.339 e. The first-order valence-corrected chi connectivity index (χ1v) is 6.65. The molecule has 5 heteroatoms. The van der Waals surface area contributed by atoms with Gasteiger partial charge in [0.05, 0.1) is 16.9 Å². The van der Waals surface area contributed by atoms with E-state index in [1.165, 1.54) is 0 Å². The molecule has 3 rings (SSSR count). The molecule has 0 amide bonds. The molecule has 2 aromatic heterocycles. The van der Waals surface area contributed by atoms with E-state index in [4.69, 9.17) is 0 Å². The molecule has 0 atom stereocenters. The van der Waals surface area contributed by atoms with E-state index in [-0.39, 0.29) is 5.56 Å². The van der Waals surface area contributed by atoms with Crippen molar-refractivity contribution in [3.05, 3.63) is 52.8 Å². The summed E-state index contributed by atoms with van der Waals surface area (Å²) in [6, 6.07) is 9.87. The van der Waals surface area contributed by atoms with Crippen LogP contribution < -0.4 is 0 Å². The summed E-state index contributed by atoms with van der Waals surface area (Å²) in [7, 11) is 0. The molecule has 0 aliphatic rings. The van der Waals surface area contributed by atoms with E-state index in [1.807, 2.05) is 37.3 Å². The highest BCUT2D eigenvalue weighted by molar-refractivity contribution is 5.90. The fourth-order valence-corrected chi connectivity index (χ4v) is 2.58. The Morgan fingerprint density at radius 3 is 2.57 bits per heavy atom. The van der Waals surface area contributed by atoms with Crippen LogP contribution in [-0.2, 0) is 0 Å². The Morgan fingerprint density at radius 2 is 1.90 bits per heavy atom. The third-order valence-electron chi connectivity index (χ3n) is 3.59. The summed E-state index contributed by atoms with van der Waals surface area (Å²) in [4.78, 5) is 15.9. The number of aromatic nitrogens is 3. The lowest BCUT2D eigenvalue weighted by atomic mass is 10.1. The number of carboxylic acid groups (broad SMARTS) is 1. The van der Waals surface area contributed by atoms with Crippen molar-refractivity contribution in [2.45, 2.75) is 20.8 Å². The van der Waals surface area contributed by atoms with Crippen molar-refractivity contribution >= 4 is 16.9 Å². The van der Waals surface area contributed by atoms with Gasteiger partial charge in [0.15, 0.2) is 5.82 Å². The molecule has 0 fully saturated rings. The number of hydrogen-bond acceptors (Lipinski definition) is 3. The number of nitrogens with zero attached hydrogens (tertiary/aromatic N) is 3. The Hall–Kier alpha value is -2.69. The molecule has 3 aromatic rings. The normalized spacial score (nSPS) is 11.0. The minimum atomic E-state index is -0.963. The highest BCUT2D eigenvalue weighted by Crippen LogP contribution is 2.22. The van der Waals surface area contributed by atoms with Gasteiger partial charge in [-0.25, -0.2) is 14.5 Å². The van der Waals surface area contributed by atoms with Gasteiger partial charge < -0.3 is 5.11 Å². The summed E-state index contributed by atoms with van der Waals surface area (Å²) in [5, 5.41) is 14.7. The lowest BCUT2D eigenvalue weighted by molar-refractivity contribution is 0.0695. The molecule has 1 N–H and O–H groups in total. The first-order valence-electron chi connectivity index (χ1n) is 6.65. The van der Waals surface area contributed by atoms with Crippen molar-refractivity contribution in [2.75, 3.05) is 0 Å². The van der Waals surface area contributed by atoms with Gasteiger partial charge in [0, 0.05) is 5.39 Å². The molecule has 0 saturated heterocycles. The average molecular weight is 281 g/mol. The van der Waals surface area contributed by atoms with E-state index in [9.17, 15) is 9.90 Å². The van der Waals surface area contributed by atoms with Gasteiger partial charge in [0.25, 0.3) is 0 Å². The molecule has 21 heavy (non-hydrogen) atoms. The molecule has 106 valence electrons. The zero-order valence-corrected chi connectivity index (χ0v) is 12.1. The van der Waals surface area contributed by atoms with E-state index in [0.717, 1.165) is 16.5 Å². The lowest BCUT2D eigenvalue weighted by Crippen LogP contribution is -2.06. The van der Waals surface area contributed by atoms with Crippen LogP contribution in [0.3, 0.4) is 0 Å². The zero-order valence-electron chi connectivity index (χ0n) is 12.1. The number of carboxylic acids is 1. The second kappa shape index (κ2) is 4.70. The molecule has 5 nitrogen and oxygen atoms in total. The van der Waals surface area contributed by atoms with Crippen molar-refractivity contribution in [1.82, 2.24) is 14.8 Å². The molecular weight excluding hydrogens is 266 g/mol. The predicted molar refractivity (Wildman–Crippen MR) is 80.0 cm³/mol. The number of aromatic carboxylic acids is 1. The van der Waals surface area contributed by atoms with Gasteiger partial charge in [0.1, 0.15) is 5.56 Å². The van der Waals surface area contributed by atoms with Gasteiger partial charge >= 0.3 is 5.97 Å². The summed E-state index contributed by atoms with van der Waals surface area (Å²) in [5.41, 5.74) is 3.14. The number of fused-ring (bicyclic) bond motifs is 1. The second-order valence-electron chi connectivity index (χ2n) is 5.08. The molecule has 0 radical (unpaired) electrons. The van der Waals surface area contributed by atoms with Crippen LogP contribution in [-0.4, -0.2) is 25.8 Å². The first-order chi connectivity index (χ1) is 9.99. The van der Waals surface area contributed by atoms with Crippen LogP contribution in [0.1, 0.15) is 27.3 Å². The van der Waals surface area contributed by atoms with Gasteiger partial charge in [-0.3, -0.25) is 0 Å². The van der Waals surface area contributed by atoms with Crippen molar-refractivity contribution in [1.29, 1.82) is 0 Å². The fourth-order valence-electron chi connectivity index (χ4n) is 2.58. The van der Waals surface area contributed by atoms with Gasteiger partial charge in [-0.1, -0.05) is 18.2 Å². The standard InChI is InChI=1S/C16H15N3O2/c1-9-8-12-6-4-5-7-13(12)17-15(9)19-11(3)14(16(20)21)10(2)18-19/h4-8H,1-3H3,(H,20,21). The maximum absolute atomic E-state index is 11.3. The Morgan fingerprint density at radius 1 is 1.19 bits per heavy atom. The highest BCUT2D eigenvalue weighted by atomic mass is 16.4. The molecular formula is C16H15N3O2. The van der Waals surface area contributed by atoms with Crippen LogP contribution in [0.15, 0.2) is 30.3 Å². The van der Waals surface area contributed by atoms with Crippen molar-refractivity contribution < 1.29 is 9.90 Å². The summed E-state index contributed by atoms with van der Waals surface area (Å²) in [6.07, 6.45) is 0. The van der Waals surface area contributed by atoms with Gasteiger partial charge in [-0.05, 0) is 38.5 Å². The van der Waals surface area contributed by atoms with Gasteiger partial charge in [0.2, 0.25) is 0 Å². The Balaban J connectivity index is 2.28. The van der Waals surface area contributed by atoms with E-state index < -0.39 is 5.97 Å². The van der Waals surface area contributed by atoms with E-state index in [2.05, 4.69) is 10.1 Å². The molecule has 0 saturated carbocycles. The molecule has 0 aliphatic heterocycles. The topological polar surface area (TPSA) is 68.0 Å². The minimum Gasteiger partial charge on any atom is -0.478 e. The number of pyridine rings is 1. The third kappa shape index (κ3) is 2.07. The maximum atomic E-state index is 11.3. The molecule has 0 spiro atoms. The lowest BCUT2D eigenvalue weighted by Gasteiger charge is -2.09. The first kappa shape index (κ1) is 13.3. The summed E-state index contributed by atoms with van der Waals surface area (Å²) >= 11 is 0. The number of aryl methyl sites for hydroxylation is 2. The summed E-state index contributed by atoms with van der Waals surface area (Å²) in [6.45, 7) is 5.40. The largest absolute Gasteiger partial charge is 0.478 e. The van der Waals surface area contributed by atoms with Crippen LogP contribution in [0.25, 0.3) is 16.7 Å². The second-order valence-corrected chi connectivity index (χ2v) is 5.08. The Labute approximate surface area is 121 Å². The summed E-state index contributed by atoms with van der Waals surface area (Å²) < 4.78 is 1.61. The monoisotopic (exact) mass is 281 g/mol. The van der Waals surface area contributed by atoms with Crippen LogP contribution in [0.2, 0.25) is 0 Å².